The van der Waals surface area contributed by atoms with E-state index in [2.05, 4.69) is 270 Å². The molecule has 13 aromatic rings. The molecule has 3 aliphatic carbocycles. The van der Waals surface area contributed by atoms with E-state index in [0.29, 0.717) is 28.6 Å². The van der Waals surface area contributed by atoms with Crippen LogP contribution >= 0.6 is 0 Å². The summed E-state index contributed by atoms with van der Waals surface area (Å²) in [4.78, 5) is 0.438. The number of hydrogen-bond donors (Lipinski definition) is 5. The van der Waals surface area contributed by atoms with E-state index in [9.17, 15) is 28.8 Å². The first-order chi connectivity index (χ1) is 53.9. The average Bonchev–Trinajstić information content (AvgIpc) is 1.54. The van der Waals surface area contributed by atoms with Crippen molar-refractivity contribution in [3.63, 3.8) is 0 Å². The Morgan fingerprint density at radius 3 is 0.920 bits per heavy atom. The Balaban J connectivity index is 0.000000132. The van der Waals surface area contributed by atoms with Crippen molar-refractivity contribution >= 4 is 9.84 Å². The summed E-state index contributed by atoms with van der Waals surface area (Å²) < 4.78 is 24.3. The van der Waals surface area contributed by atoms with Crippen molar-refractivity contribution in [2.45, 2.75) is 171 Å². The lowest BCUT2D eigenvalue weighted by atomic mass is 9.55. The Morgan fingerprint density at radius 1 is 0.310 bits per heavy atom. The molecule has 7 nitrogen and oxygen atoms in total. The molecule has 0 saturated heterocycles. The lowest BCUT2D eigenvalue weighted by molar-refractivity contribution is 0.127. The van der Waals surface area contributed by atoms with Crippen LogP contribution in [-0.2, 0) is 36.9 Å². The highest BCUT2D eigenvalue weighted by Crippen LogP contribution is 2.57. The van der Waals surface area contributed by atoms with Crippen LogP contribution in [0.5, 0.6) is 28.7 Å². The second-order valence-electron chi connectivity index (χ2n) is 33.7. The van der Waals surface area contributed by atoms with Gasteiger partial charge in [-0.15, -0.1) is 0 Å². The Kier molecular flexibility index (Phi) is 24.5. The molecule has 5 N–H and O–H groups in total. The normalized spacial score (nSPS) is 16.4. The number of sulfone groups is 1. The molecule has 0 amide bonds. The summed E-state index contributed by atoms with van der Waals surface area (Å²) in [5.74, 6) is 2.03. The van der Waals surface area contributed by atoms with Gasteiger partial charge in [0.2, 0.25) is 9.84 Å². The van der Waals surface area contributed by atoms with E-state index >= 15 is 0 Å². The summed E-state index contributed by atoms with van der Waals surface area (Å²) in [6.07, 6.45) is 9.93. The van der Waals surface area contributed by atoms with Crippen molar-refractivity contribution in [2.75, 3.05) is 0 Å². The molecular weight excluding hydrogens is 1410 g/mol. The van der Waals surface area contributed by atoms with Crippen LogP contribution in [0.3, 0.4) is 0 Å². The van der Waals surface area contributed by atoms with Crippen LogP contribution < -0.4 is 0 Å². The van der Waals surface area contributed by atoms with Crippen molar-refractivity contribution in [1.82, 2.24) is 0 Å². The predicted octanol–water partition coefficient (Wildman–Crippen LogP) is 25.7. The molecule has 113 heavy (non-hydrogen) atoms. The highest BCUT2D eigenvalue weighted by Gasteiger charge is 2.47. The monoisotopic (exact) mass is 1510 g/mol. The SMILES string of the molecule is Cc1ccc(C(C)(C)c2ccc(C(C)(C)c3ccc(O)cc3)cc2)cc1.Cc1ccc(C2(c3ccc(O)cc3)CC(C)CC(C)(C)C2)cc1.Cc1ccc(C2(c3ccc(O)cc3)CCCCC2)cc1.Cc1ccc(C2(c3ccc(O)cc3)c3ccccc3-c3ccccc32)cc1.Cc1ccc(S(=O)(=O)c2ccc(O)cc2)cc1. The largest absolute Gasteiger partial charge is 0.508 e. The van der Waals surface area contributed by atoms with E-state index < -0.39 is 9.84 Å². The minimum absolute atomic E-state index is 0.0328. The van der Waals surface area contributed by atoms with Gasteiger partial charge in [0.15, 0.2) is 0 Å². The van der Waals surface area contributed by atoms with Gasteiger partial charge in [0.25, 0.3) is 0 Å². The number of aromatic hydroxyl groups is 5. The fraction of sp³-hybridized carbons (Fsp3) is 0.257. The molecule has 578 valence electrons. The summed E-state index contributed by atoms with van der Waals surface area (Å²) in [6.45, 7) is 26.6. The summed E-state index contributed by atoms with van der Waals surface area (Å²) in [7, 11) is -3.48. The minimum atomic E-state index is -3.48. The molecule has 0 spiro atoms. The van der Waals surface area contributed by atoms with Gasteiger partial charge in [0, 0.05) is 21.7 Å². The van der Waals surface area contributed by atoms with E-state index in [4.69, 9.17) is 5.11 Å². The molecule has 0 aliphatic heterocycles. The van der Waals surface area contributed by atoms with Gasteiger partial charge in [-0.1, -0.05) is 326 Å². The Bertz CT molecular complexity index is 5090. The number of phenolic OH excluding ortho intramolecular Hbond substituents is 5. The molecule has 2 saturated carbocycles. The summed E-state index contributed by atoms with van der Waals surface area (Å²) in [6, 6.07) is 105. The smallest absolute Gasteiger partial charge is 0.206 e. The molecule has 2 unspecified atom stereocenters. The number of hydrogen-bond acceptors (Lipinski definition) is 7. The number of aryl methyl sites for hydroxylation is 5. The third-order valence-corrected chi connectivity index (χ3v) is 25.8. The van der Waals surface area contributed by atoms with Crippen LogP contribution in [-0.4, -0.2) is 34.0 Å². The van der Waals surface area contributed by atoms with Crippen molar-refractivity contribution in [1.29, 1.82) is 0 Å². The maximum atomic E-state index is 12.2. The molecule has 16 rings (SSSR count). The van der Waals surface area contributed by atoms with E-state index in [-0.39, 0.29) is 48.4 Å². The number of benzene rings is 13. The number of fused-ring (bicyclic) bond motifs is 3. The molecule has 2 atom stereocenters. The molecule has 8 heteroatoms. The first kappa shape index (κ1) is 81.3. The van der Waals surface area contributed by atoms with Crippen molar-refractivity contribution < 1.29 is 34.0 Å². The minimum Gasteiger partial charge on any atom is -0.508 e. The van der Waals surface area contributed by atoms with Crippen LogP contribution in [0.1, 0.15) is 194 Å². The van der Waals surface area contributed by atoms with Crippen LogP contribution in [0.25, 0.3) is 11.1 Å². The van der Waals surface area contributed by atoms with Crippen LogP contribution in [0.15, 0.2) is 325 Å². The van der Waals surface area contributed by atoms with Gasteiger partial charge >= 0.3 is 0 Å². The van der Waals surface area contributed by atoms with Gasteiger partial charge < -0.3 is 25.5 Å². The van der Waals surface area contributed by atoms with Crippen molar-refractivity contribution in [3.05, 3.63) is 410 Å². The molecule has 13 aromatic carbocycles. The van der Waals surface area contributed by atoms with Gasteiger partial charge in [-0.3, -0.25) is 0 Å². The zero-order valence-electron chi connectivity index (χ0n) is 67.7. The predicted molar refractivity (Wildman–Crippen MR) is 465 cm³/mol. The summed E-state index contributed by atoms with van der Waals surface area (Å²) in [5.41, 5.74) is 24.3. The first-order valence-corrected chi connectivity index (χ1v) is 41.3. The molecule has 0 heterocycles. The maximum absolute atomic E-state index is 12.2. The summed E-state index contributed by atoms with van der Waals surface area (Å²) in [5, 5.41) is 47.8. The lowest BCUT2D eigenvalue weighted by Crippen LogP contribution is -2.41. The van der Waals surface area contributed by atoms with Crippen LogP contribution in [0, 0.1) is 46.0 Å². The van der Waals surface area contributed by atoms with E-state index in [1.54, 1.807) is 48.5 Å². The fourth-order valence-electron chi connectivity index (χ4n) is 17.9. The fourth-order valence-corrected chi connectivity index (χ4v) is 19.1. The zero-order valence-corrected chi connectivity index (χ0v) is 68.5. The maximum Gasteiger partial charge on any atom is 0.206 e. The van der Waals surface area contributed by atoms with E-state index in [1.165, 1.54) is 169 Å². The van der Waals surface area contributed by atoms with Gasteiger partial charge in [0.1, 0.15) is 28.7 Å². The van der Waals surface area contributed by atoms with Gasteiger partial charge in [0.05, 0.1) is 15.2 Å². The van der Waals surface area contributed by atoms with Crippen molar-refractivity contribution in [2.24, 2.45) is 11.3 Å². The highest BCUT2D eigenvalue weighted by atomic mass is 32.2. The lowest BCUT2D eigenvalue weighted by Gasteiger charge is -2.48. The standard InChI is InChI=1S/C26H20O.C25H28O.C22H28O.C19H22O.C13H12O3S/c1-18-10-12-19(13-11-18)26(20-14-16-21(27)17-15-20)24-8-4-2-6-22(24)23-7-3-5-9-25(23)26;1-18-6-8-19(9-7-18)24(2,3)20-10-12-21(13-11-20)25(4,5)22-14-16-23(26)17-15-22;1-16-5-7-18(8-6-16)22(19-9-11-20(23)12-10-19)14-17(2)13-21(3,4)15-22;1-15-5-7-16(8-6-15)19(13-3-2-4-14-19)17-9-11-18(20)12-10-17;1-10-2-6-12(7-3-10)17(15,16)13-8-4-11(14)5-9-13/h2-17,27H,1H3;6-17,26H,1-5H3;5-12,17,23H,13-15H2,1-4H3;5-12,20H,2-4,13-14H2,1H3;2-9,14H,1H3. The van der Waals surface area contributed by atoms with E-state index in [0.717, 1.165) is 12.0 Å². The zero-order chi connectivity index (χ0) is 80.5. The molecule has 0 bridgehead atoms. The van der Waals surface area contributed by atoms with E-state index in [1.807, 2.05) is 55.5 Å². The second-order valence-corrected chi connectivity index (χ2v) is 35.7. The highest BCUT2D eigenvalue weighted by molar-refractivity contribution is 7.91. The number of phenols is 5. The third-order valence-electron chi connectivity index (χ3n) is 24.0. The molecule has 2 fully saturated rings. The second kappa shape index (κ2) is 34.0. The molecule has 0 radical (unpaired) electrons. The summed E-state index contributed by atoms with van der Waals surface area (Å²) >= 11 is 0. The Morgan fingerprint density at radius 2 is 0.566 bits per heavy atom. The quantitative estimate of drug-likeness (QED) is 0.0822. The van der Waals surface area contributed by atoms with Gasteiger partial charge in [-0.05, 0) is 241 Å². The van der Waals surface area contributed by atoms with Gasteiger partial charge in [-0.2, -0.15) is 0 Å². The molecule has 0 aromatic heterocycles. The third kappa shape index (κ3) is 17.9. The van der Waals surface area contributed by atoms with Crippen molar-refractivity contribution in [3.8, 4) is 39.9 Å². The Hall–Kier alpha value is -11.2. The van der Waals surface area contributed by atoms with Gasteiger partial charge in [-0.25, -0.2) is 8.42 Å². The average molecular weight is 1520 g/mol. The molecular formula is C105H110O7S. The topological polar surface area (TPSA) is 135 Å². The first-order valence-electron chi connectivity index (χ1n) is 39.8. The number of rotatable bonds is 12. The Labute approximate surface area is 672 Å². The van der Waals surface area contributed by atoms with Crippen LogP contribution in [0.2, 0.25) is 0 Å². The van der Waals surface area contributed by atoms with Crippen LogP contribution in [0.4, 0.5) is 0 Å². The molecule has 3 aliphatic rings.